The predicted octanol–water partition coefficient (Wildman–Crippen LogP) is 0.799. The van der Waals surface area contributed by atoms with Gasteiger partial charge in [0, 0.05) is 25.1 Å². The van der Waals surface area contributed by atoms with E-state index in [-0.39, 0.29) is 5.75 Å². The van der Waals surface area contributed by atoms with Crippen molar-refractivity contribution in [1.29, 1.82) is 0 Å². The molecule has 1 aliphatic rings. The number of aromatic nitrogens is 2. The van der Waals surface area contributed by atoms with Gasteiger partial charge in [0.15, 0.2) is 0 Å². The van der Waals surface area contributed by atoms with E-state index >= 15 is 0 Å². The van der Waals surface area contributed by atoms with Crippen molar-refractivity contribution >= 4 is 11.0 Å². The first-order valence-corrected chi connectivity index (χ1v) is 5.80. The number of hydrogen-bond donors (Lipinski definition) is 3. The molecule has 0 aliphatic carbocycles. The number of hydrogen-bond acceptors (Lipinski definition) is 4. The zero-order chi connectivity index (χ0) is 11.7. The quantitative estimate of drug-likeness (QED) is 0.717. The van der Waals surface area contributed by atoms with Crippen LogP contribution in [0.15, 0.2) is 18.2 Å². The van der Waals surface area contributed by atoms with Crippen molar-refractivity contribution in [3.05, 3.63) is 24.0 Å². The van der Waals surface area contributed by atoms with E-state index < -0.39 is 0 Å². The molecule has 1 aromatic carbocycles. The number of nitrogens with zero attached hydrogens (tertiary/aromatic N) is 1. The average Bonchev–Trinajstić information content (AvgIpc) is 2.71. The molecule has 0 amide bonds. The van der Waals surface area contributed by atoms with Crippen molar-refractivity contribution in [3.8, 4) is 5.75 Å². The van der Waals surface area contributed by atoms with Gasteiger partial charge < -0.3 is 20.1 Å². The van der Waals surface area contributed by atoms with E-state index in [0.29, 0.717) is 6.04 Å². The van der Waals surface area contributed by atoms with Gasteiger partial charge in [0.2, 0.25) is 0 Å². The van der Waals surface area contributed by atoms with Crippen molar-refractivity contribution in [3.63, 3.8) is 0 Å². The van der Waals surface area contributed by atoms with E-state index in [1.807, 2.05) is 6.07 Å². The largest absolute Gasteiger partial charge is 0.508 e. The number of imidazole rings is 1. The summed E-state index contributed by atoms with van der Waals surface area (Å²) in [5.74, 6) is 1.18. The third kappa shape index (κ3) is 2.25. The molecule has 1 aliphatic heterocycles. The molecule has 1 saturated heterocycles. The minimum absolute atomic E-state index is 0.256. The van der Waals surface area contributed by atoms with E-state index in [4.69, 9.17) is 4.74 Å². The van der Waals surface area contributed by atoms with Crippen LogP contribution in [0.4, 0.5) is 0 Å². The summed E-state index contributed by atoms with van der Waals surface area (Å²) in [6, 6.07) is 5.47. The van der Waals surface area contributed by atoms with Gasteiger partial charge in [-0.3, -0.25) is 0 Å². The first-order valence-electron chi connectivity index (χ1n) is 5.80. The topological polar surface area (TPSA) is 70.2 Å². The molecule has 3 rings (SSSR count). The fourth-order valence-electron chi connectivity index (χ4n) is 2.13. The molecule has 5 nitrogen and oxygen atoms in total. The van der Waals surface area contributed by atoms with E-state index in [1.165, 1.54) is 0 Å². The van der Waals surface area contributed by atoms with Crippen molar-refractivity contribution in [2.75, 3.05) is 19.8 Å². The molecule has 1 atom stereocenters. The molecule has 17 heavy (non-hydrogen) atoms. The monoisotopic (exact) mass is 233 g/mol. The number of fused-ring (bicyclic) bond motifs is 1. The maximum absolute atomic E-state index is 9.38. The van der Waals surface area contributed by atoms with Gasteiger partial charge in [-0.2, -0.15) is 0 Å². The summed E-state index contributed by atoms with van der Waals surface area (Å²) in [4.78, 5) is 7.70. The molecule has 5 heteroatoms. The lowest BCUT2D eigenvalue weighted by atomic mass is 10.2. The Hall–Kier alpha value is -1.59. The van der Waals surface area contributed by atoms with Crippen LogP contribution in [0.1, 0.15) is 5.82 Å². The second kappa shape index (κ2) is 4.35. The Morgan fingerprint density at radius 1 is 1.47 bits per heavy atom. The number of aromatic amines is 1. The fourth-order valence-corrected chi connectivity index (χ4v) is 2.13. The number of rotatable bonds is 2. The second-order valence-electron chi connectivity index (χ2n) is 4.32. The summed E-state index contributed by atoms with van der Waals surface area (Å²) in [6.07, 6.45) is 0.815. The molecular formula is C12H15N3O2. The molecule has 0 radical (unpaired) electrons. The highest BCUT2D eigenvalue weighted by molar-refractivity contribution is 5.76. The molecule has 1 fully saturated rings. The van der Waals surface area contributed by atoms with Crippen LogP contribution < -0.4 is 5.32 Å². The number of phenolic OH excluding ortho intramolecular Hbond substituents is 1. The smallest absolute Gasteiger partial charge is 0.117 e. The normalized spacial score (nSPS) is 20.8. The lowest BCUT2D eigenvalue weighted by Gasteiger charge is -2.22. The van der Waals surface area contributed by atoms with E-state index in [9.17, 15) is 5.11 Å². The summed E-state index contributed by atoms with van der Waals surface area (Å²) < 4.78 is 5.40. The van der Waals surface area contributed by atoms with E-state index in [2.05, 4.69) is 15.3 Å². The summed E-state index contributed by atoms with van der Waals surface area (Å²) in [5.41, 5.74) is 1.76. The van der Waals surface area contributed by atoms with Gasteiger partial charge in [0.05, 0.1) is 24.2 Å². The van der Waals surface area contributed by atoms with Crippen LogP contribution in [-0.4, -0.2) is 40.9 Å². The second-order valence-corrected chi connectivity index (χ2v) is 4.32. The Morgan fingerprint density at radius 3 is 3.24 bits per heavy atom. The highest BCUT2D eigenvalue weighted by Crippen LogP contribution is 2.18. The van der Waals surface area contributed by atoms with Crippen LogP contribution in [0.25, 0.3) is 11.0 Å². The van der Waals surface area contributed by atoms with Gasteiger partial charge in [-0.1, -0.05) is 0 Å². The van der Waals surface area contributed by atoms with Crippen LogP contribution in [0.5, 0.6) is 5.75 Å². The van der Waals surface area contributed by atoms with Crippen molar-refractivity contribution < 1.29 is 9.84 Å². The highest BCUT2D eigenvalue weighted by Gasteiger charge is 2.15. The summed E-state index contributed by atoms with van der Waals surface area (Å²) in [5, 5.41) is 12.8. The number of benzene rings is 1. The maximum Gasteiger partial charge on any atom is 0.117 e. The fraction of sp³-hybridized carbons (Fsp3) is 0.417. The minimum atomic E-state index is 0.256. The molecule has 2 aromatic rings. The molecule has 0 spiro atoms. The minimum Gasteiger partial charge on any atom is -0.508 e. The summed E-state index contributed by atoms with van der Waals surface area (Å²) >= 11 is 0. The number of nitrogens with one attached hydrogen (secondary N) is 2. The van der Waals surface area contributed by atoms with Gasteiger partial charge in [-0.15, -0.1) is 0 Å². The third-order valence-electron chi connectivity index (χ3n) is 2.95. The molecule has 1 unspecified atom stereocenters. The molecular weight excluding hydrogens is 218 g/mol. The Kier molecular flexibility index (Phi) is 2.70. The van der Waals surface area contributed by atoms with E-state index in [1.54, 1.807) is 12.1 Å². The maximum atomic E-state index is 9.38. The third-order valence-corrected chi connectivity index (χ3v) is 2.95. The van der Waals surface area contributed by atoms with Crippen LogP contribution in [-0.2, 0) is 11.2 Å². The first kappa shape index (κ1) is 10.6. The van der Waals surface area contributed by atoms with Crippen molar-refractivity contribution in [2.24, 2.45) is 0 Å². The summed E-state index contributed by atoms with van der Waals surface area (Å²) in [6.45, 7) is 2.40. The van der Waals surface area contributed by atoms with Crippen LogP contribution in [0.3, 0.4) is 0 Å². The number of phenols is 1. The molecule has 3 N–H and O–H groups in total. The van der Waals surface area contributed by atoms with Gasteiger partial charge in [0.25, 0.3) is 0 Å². The number of aromatic hydroxyl groups is 1. The zero-order valence-corrected chi connectivity index (χ0v) is 9.44. The molecule has 2 heterocycles. The van der Waals surface area contributed by atoms with E-state index in [0.717, 1.165) is 43.0 Å². The lowest BCUT2D eigenvalue weighted by molar-refractivity contribution is 0.0765. The number of ether oxygens (including phenoxy) is 1. The SMILES string of the molecule is Oc1ccc2nc(CC3COCCN3)[nH]c2c1. The van der Waals surface area contributed by atoms with Gasteiger partial charge in [-0.05, 0) is 12.1 Å². The number of morpholine rings is 1. The average molecular weight is 233 g/mol. The lowest BCUT2D eigenvalue weighted by Crippen LogP contribution is -2.42. The van der Waals surface area contributed by atoms with Crippen molar-refractivity contribution in [2.45, 2.75) is 12.5 Å². The summed E-state index contributed by atoms with van der Waals surface area (Å²) in [7, 11) is 0. The van der Waals surface area contributed by atoms with Crippen LogP contribution in [0.2, 0.25) is 0 Å². The number of H-pyrrole nitrogens is 1. The molecule has 90 valence electrons. The Balaban J connectivity index is 1.80. The molecule has 0 saturated carbocycles. The first-order chi connectivity index (χ1) is 8.31. The standard InChI is InChI=1S/C12H15N3O2/c16-9-1-2-10-11(6-9)15-12(14-10)5-8-7-17-4-3-13-8/h1-2,6,8,13,16H,3-5,7H2,(H,14,15). The zero-order valence-electron chi connectivity index (χ0n) is 9.44. The van der Waals surface area contributed by atoms with Crippen molar-refractivity contribution in [1.82, 2.24) is 15.3 Å². The Labute approximate surface area is 98.8 Å². The van der Waals surface area contributed by atoms with Gasteiger partial charge in [0.1, 0.15) is 11.6 Å². The molecule has 0 bridgehead atoms. The molecule has 1 aromatic heterocycles. The predicted molar refractivity (Wildman–Crippen MR) is 64.1 cm³/mol. The van der Waals surface area contributed by atoms with Gasteiger partial charge in [-0.25, -0.2) is 4.98 Å². The van der Waals surface area contributed by atoms with Gasteiger partial charge >= 0.3 is 0 Å². The van der Waals surface area contributed by atoms with Crippen LogP contribution >= 0.6 is 0 Å². The Morgan fingerprint density at radius 2 is 2.41 bits per heavy atom. The highest BCUT2D eigenvalue weighted by atomic mass is 16.5. The van der Waals surface area contributed by atoms with Crippen LogP contribution in [0, 0.1) is 0 Å². The Bertz CT molecular complexity index is 517.